The number of likely N-dealkylation sites (tertiary alicyclic amines) is 1. The first-order valence-electron chi connectivity index (χ1n) is 9.15. The molecule has 0 radical (unpaired) electrons. The fourth-order valence-electron chi connectivity index (χ4n) is 3.28. The van der Waals surface area contributed by atoms with E-state index in [0.717, 1.165) is 30.8 Å². The van der Waals surface area contributed by atoms with Crippen LogP contribution in [0.4, 0.5) is 5.69 Å². The molecule has 3 rings (SSSR count). The third-order valence-electron chi connectivity index (χ3n) is 4.61. The SMILES string of the molecule is CCNCc1cccc(NC(=O)C2CCCN2C(=O)c2ccccc2)c1. The first-order valence-corrected chi connectivity index (χ1v) is 9.15. The van der Waals surface area contributed by atoms with E-state index in [1.165, 1.54) is 0 Å². The van der Waals surface area contributed by atoms with Gasteiger partial charge in [0.1, 0.15) is 6.04 Å². The number of hydrogen-bond donors (Lipinski definition) is 2. The molecule has 136 valence electrons. The zero-order valence-corrected chi connectivity index (χ0v) is 15.1. The Morgan fingerprint density at radius 2 is 1.92 bits per heavy atom. The van der Waals surface area contributed by atoms with E-state index in [9.17, 15) is 9.59 Å². The predicted molar refractivity (Wildman–Crippen MR) is 103 cm³/mol. The molecular formula is C21H25N3O2. The normalized spacial score (nSPS) is 16.5. The summed E-state index contributed by atoms with van der Waals surface area (Å²) >= 11 is 0. The van der Waals surface area contributed by atoms with Crippen molar-refractivity contribution in [1.29, 1.82) is 0 Å². The number of carbonyl (C=O) groups excluding carboxylic acids is 2. The van der Waals surface area contributed by atoms with Crippen molar-refractivity contribution in [1.82, 2.24) is 10.2 Å². The number of benzene rings is 2. The Morgan fingerprint density at radius 3 is 2.69 bits per heavy atom. The van der Waals surface area contributed by atoms with Crippen LogP contribution in [-0.2, 0) is 11.3 Å². The van der Waals surface area contributed by atoms with Crippen LogP contribution in [0, 0.1) is 0 Å². The van der Waals surface area contributed by atoms with Gasteiger partial charge in [-0.2, -0.15) is 0 Å². The predicted octanol–water partition coefficient (Wildman–Crippen LogP) is 3.04. The lowest BCUT2D eigenvalue weighted by molar-refractivity contribution is -0.119. The highest BCUT2D eigenvalue weighted by Gasteiger charge is 2.34. The van der Waals surface area contributed by atoms with Crippen LogP contribution in [0.3, 0.4) is 0 Å². The third kappa shape index (κ3) is 4.29. The summed E-state index contributed by atoms with van der Waals surface area (Å²) in [7, 11) is 0. The summed E-state index contributed by atoms with van der Waals surface area (Å²) in [5.74, 6) is -0.198. The van der Waals surface area contributed by atoms with Gasteiger partial charge in [0.2, 0.25) is 5.91 Å². The first-order chi connectivity index (χ1) is 12.7. The molecule has 0 aromatic heterocycles. The molecule has 0 bridgehead atoms. The van der Waals surface area contributed by atoms with Gasteiger partial charge in [0, 0.05) is 24.3 Å². The van der Waals surface area contributed by atoms with Crippen LogP contribution < -0.4 is 10.6 Å². The molecule has 26 heavy (non-hydrogen) atoms. The summed E-state index contributed by atoms with van der Waals surface area (Å²) in [4.78, 5) is 27.2. The zero-order valence-electron chi connectivity index (χ0n) is 15.1. The van der Waals surface area contributed by atoms with E-state index in [4.69, 9.17) is 0 Å². The lowest BCUT2D eigenvalue weighted by atomic mass is 10.1. The van der Waals surface area contributed by atoms with E-state index in [1.54, 1.807) is 17.0 Å². The minimum Gasteiger partial charge on any atom is -0.327 e. The summed E-state index contributed by atoms with van der Waals surface area (Å²) in [6, 6.07) is 16.5. The van der Waals surface area contributed by atoms with Gasteiger partial charge in [0.05, 0.1) is 0 Å². The maximum absolute atomic E-state index is 12.8. The van der Waals surface area contributed by atoms with Crippen molar-refractivity contribution < 1.29 is 9.59 Å². The summed E-state index contributed by atoms with van der Waals surface area (Å²) in [6.07, 6.45) is 1.54. The third-order valence-corrected chi connectivity index (χ3v) is 4.61. The molecule has 0 spiro atoms. The molecule has 2 amide bonds. The number of hydrogen-bond acceptors (Lipinski definition) is 3. The topological polar surface area (TPSA) is 61.4 Å². The van der Waals surface area contributed by atoms with Gasteiger partial charge >= 0.3 is 0 Å². The van der Waals surface area contributed by atoms with Crippen LogP contribution in [0.5, 0.6) is 0 Å². The van der Waals surface area contributed by atoms with Crippen molar-refractivity contribution in [2.45, 2.75) is 32.4 Å². The summed E-state index contributed by atoms with van der Waals surface area (Å²) in [5, 5.41) is 6.25. The molecule has 1 atom stereocenters. The number of nitrogens with zero attached hydrogens (tertiary/aromatic N) is 1. The Balaban J connectivity index is 1.68. The molecule has 1 aliphatic rings. The quantitative estimate of drug-likeness (QED) is 0.841. The van der Waals surface area contributed by atoms with Crippen LogP contribution in [0.15, 0.2) is 54.6 Å². The second-order valence-electron chi connectivity index (χ2n) is 6.49. The van der Waals surface area contributed by atoms with E-state index in [1.807, 2.05) is 42.5 Å². The number of carbonyl (C=O) groups is 2. The molecule has 1 fully saturated rings. The van der Waals surface area contributed by atoms with Gasteiger partial charge in [-0.15, -0.1) is 0 Å². The van der Waals surface area contributed by atoms with Gasteiger partial charge in [-0.3, -0.25) is 9.59 Å². The van der Waals surface area contributed by atoms with E-state index in [0.29, 0.717) is 18.5 Å². The van der Waals surface area contributed by atoms with Crippen LogP contribution in [0.1, 0.15) is 35.7 Å². The summed E-state index contributed by atoms with van der Waals surface area (Å²) in [6.45, 7) is 4.34. The van der Waals surface area contributed by atoms with Crippen LogP contribution in [-0.4, -0.2) is 35.8 Å². The van der Waals surface area contributed by atoms with Crippen molar-refractivity contribution >= 4 is 17.5 Å². The standard InChI is InChI=1S/C21H25N3O2/c1-2-22-15-16-8-6-11-18(14-16)23-20(25)19-12-7-13-24(19)21(26)17-9-4-3-5-10-17/h3-6,8-11,14,19,22H,2,7,12-13,15H2,1H3,(H,23,25). The molecule has 2 N–H and O–H groups in total. The van der Waals surface area contributed by atoms with Crippen molar-refractivity contribution in [2.24, 2.45) is 0 Å². The monoisotopic (exact) mass is 351 g/mol. The van der Waals surface area contributed by atoms with Crippen molar-refractivity contribution in [3.63, 3.8) is 0 Å². The van der Waals surface area contributed by atoms with Gasteiger partial charge < -0.3 is 15.5 Å². The number of rotatable bonds is 6. The molecule has 0 aliphatic carbocycles. The Kier molecular flexibility index (Phi) is 6.02. The van der Waals surface area contributed by atoms with Gasteiger partial charge in [-0.05, 0) is 49.2 Å². The van der Waals surface area contributed by atoms with E-state index >= 15 is 0 Å². The van der Waals surface area contributed by atoms with Gasteiger partial charge in [0.15, 0.2) is 0 Å². The fraction of sp³-hybridized carbons (Fsp3) is 0.333. The average molecular weight is 351 g/mol. The highest BCUT2D eigenvalue weighted by molar-refractivity contribution is 6.01. The highest BCUT2D eigenvalue weighted by atomic mass is 16.2. The Morgan fingerprint density at radius 1 is 1.12 bits per heavy atom. The van der Waals surface area contributed by atoms with E-state index in [2.05, 4.69) is 17.6 Å². The van der Waals surface area contributed by atoms with Crippen LogP contribution in [0.2, 0.25) is 0 Å². The molecule has 1 unspecified atom stereocenters. The minimum absolute atomic E-state index is 0.0795. The summed E-state index contributed by atoms with van der Waals surface area (Å²) < 4.78 is 0. The highest BCUT2D eigenvalue weighted by Crippen LogP contribution is 2.22. The molecule has 1 heterocycles. The molecule has 2 aromatic carbocycles. The first kappa shape index (κ1) is 18.1. The number of amides is 2. The van der Waals surface area contributed by atoms with Crippen molar-refractivity contribution in [3.8, 4) is 0 Å². The van der Waals surface area contributed by atoms with Crippen molar-refractivity contribution in [2.75, 3.05) is 18.4 Å². The minimum atomic E-state index is -0.417. The average Bonchev–Trinajstić information content (AvgIpc) is 3.17. The lowest BCUT2D eigenvalue weighted by Crippen LogP contribution is -2.43. The second-order valence-corrected chi connectivity index (χ2v) is 6.49. The molecule has 2 aromatic rings. The number of anilines is 1. The largest absolute Gasteiger partial charge is 0.327 e. The Bertz CT molecular complexity index is 761. The Labute approximate surface area is 154 Å². The molecule has 1 saturated heterocycles. The van der Waals surface area contributed by atoms with E-state index < -0.39 is 6.04 Å². The fourth-order valence-corrected chi connectivity index (χ4v) is 3.28. The Hall–Kier alpha value is -2.66. The molecule has 5 heteroatoms. The molecule has 1 aliphatic heterocycles. The maximum Gasteiger partial charge on any atom is 0.254 e. The van der Waals surface area contributed by atoms with Crippen molar-refractivity contribution in [3.05, 3.63) is 65.7 Å². The maximum atomic E-state index is 12.8. The number of nitrogens with one attached hydrogen (secondary N) is 2. The molecule has 5 nitrogen and oxygen atoms in total. The van der Waals surface area contributed by atoms with Gasteiger partial charge in [-0.25, -0.2) is 0 Å². The lowest BCUT2D eigenvalue weighted by Gasteiger charge is -2.24. The zero-order chi connectivity index (χ0) is 18.4. The summed E-state index contributed by atoms with van der Waals surface area (Å²) in [5.41, 5.74) is 2.51. The van der Waals surface area contributed by atoms with Gasteiger partial charge in [-0.1, -0.05) is 37.3 Å². The molecule has 0 saturated carbocycles. The smallest absolute Gasteiger partial charge is 0.254 e. The molecular weight excluding hydrogens is 326 g/mol. The van der Waals surface area contributed by atoms with Crippen LogP contribution in [0.25, 0.3) is 0 Å². The van der Waals surface area contributed by atoms with Crippen LogP contribution >= 0.6 is 0 Å². The van der Waals surface area contributed by atoms with E-state index in [-0.39, 0.29) is 11.8 Å². The van der Waals surface area contributed by atoms with Gasteiger partial charge in [0.25, 0.3) is 5.91 Å². The second kappa shape index (κ2) is 8.63.